The molecule has 1 atom stereocenters. The number of aliphatic imine (C=N–C) groups is 1. The topological polar surface area (TPSA) is 105 Å². The summed E-state index contributed by atoms with van der Waals surface area (Å²) in [5.74, 6) is 0.660. The van der Waals surface area contributed by atoms with E-state index >= 15 is 0 Å². The molecule has 2 aromatic rings. The lowest BCUT2D eigenvalue weighted by Crippen LogP contribution is -2.36. The zero-order chi connectivity index (χ0) is 20.7. The second-order valence-corrected chi connectivity index (χ2v) is 9.86. The highest BCUT2D eigenvalue weighted by molar-refractivity contribution is 14.0. The minimum Gasteiger partial charge on any atom is -0.377 e. The Hall–Kier alpha value is -1.28. The van der Waals surface area contributed by atoms with Crippen LogP contribution in [0.2, 0.25) is 0 Å². The standard InChI is InChI=1S/C19H27N5O3S2.HI/c1-14-10-21-18(28-14)13-23-19(20-2)22-11-15-5-7-17(8-6-15)29(25,26)24-12-16-4-3-9-27-16;/h5-8,10,16,24H,3-4,9,11-13H2,1-2H3,(H2,20,22,23);1H. The Morgan fingerprint density at radius 1 is 1.27 bits per heavy atom. The number of halogens is 1. The number of nitrogens with one attached hydrogen (secondary N) is 3. The summed E-state index contributed by atoms with van der Waals surface area (Å²) < 4.78 is 32.9. The van der Waals surface area contributed by atoms with Crippen molar-refractivity contribution in [3.05, 3.63) is 45.9 Å². The van der Waals surface area contributed by atoms with Gasteiger partial charge in [0.1, 0.15) is 5.01 Å². The Bertz CT molecular complexity index is 926. The quantitative estimate of drug-likeness (QED) is 0.258. The highest BCUT2D eigenvalue weighted by atomic mass is 127. The fourth-order valence-electron chi connectivity index (χ4n) is 2.93. The van der Waals surface area contributed by atoms with Crippen LogP contribution in [0.15, 0.2) is 40.4 Å². The fourth-order valence-corrected chi connectivity index (χ4v) is 4.72. The minimum absolute atomic E-state index is 0. The van der Waals surface area contributed by atoms with E-state index in [0.29, 0.717) is 32.2 Å². The molecule has 0 bridgehead atoms. The average Bonchev–Trinajstić information content (AvgIpc) is 3.39. The van der Waals surface area contributed by atoms with Crippen LogP contribution in [-0.4, -0.2) is 45.7 Å². The van der Waals surface area contributed by atoms with Gasteiger partial charge in [-0.15, -0.1) is 35.3 Å². The molecule has 3 N–H and O–H groups in total. The molecular formula is C19H28IN5O3S2. The Balaban J connectivity index is 0.00000320. The van der Waals surface area contributed by atoms with E-state index in [0.717, 1.165) is 23.4 Å². The van der Waals surface area contributed by atoms with Crippen molar-refractivity contribution < 1.29 is 13.2 Å². The van der Waals surface area contributed by atoms with E-state index in [2.05, 4.69) is 25.3 Å². The molecule has 0 amide bonds. The first kappa shape index (κ1) is 25.0. The Morgan fingerprint density at radius 3 is 2.60 bits per heavy atom. The number of ether oxygens (including phenoxy) is 1. The van der Waals surface area contributed by atoms with Crippen molar-refractivity contribution in [1.82, 2.24) is 20.3 Å². The van der Waals surface area contributed by atoms with Crippen molar-refractivity contribution in [1.29, 1.82) is 0 Å². The second kappa shape index (κ2) is 11.9. The molecule has 30 heavy (non-hydrogen) atoms. The number of rotatable bonds is 8. The lowest BCUT2D eigenvalue weighted by atomic mass is 10.2. The van der Waals surface area contributed by atoms with Gasteiger partial charge in [0, 0.05) is 37.8 Å². The maximum atomic E-state index is 12.4. The number of benzene rings is 1. The highest BCUT2D eigenvalue weighted by Gasteiger charge is 2.20. The molecule has 1 saturated heterocycles. The molecule has 1 aromatic heterocycles. The second-order valence-electron chi connectivity index (χ2n) is 6.77. The summed E-state index contributed by atoms with van der Waals surface area (Å²) in [5.41, 5.74) is 0.955. The van der Waals surface area contributed by atoms with E-state index < -0.39 is 10.0 Å². The van der Waals surface area contributed by atoms with Gasteiger partial charge in [0.2, 0.25) is 10.0 Å². The van der Waals surface area contributed by atoms with Gasteiger partial charge in [-0.2, -0.15) is 0 Å². The van der Waals surface area contributed by atoms with Crippen molar-refractivity contribution in [2.75, 3.05) is 20.2 Å². The van der Waals surface area contributed by atoms with Crippen LogP contribution < -0.4 is 15.4 Å². The normalized spacial score (nSPS) is 16.9. The van der Waals surface area contributed by atoms with Gasteiger partial charge in [-0.1, -0.05) is 12.1 Å². The zero-order valence-electron chi connectivity index (χ0n) is 17.1. The highest BCUT2D eigenvalue weighted by Crippen LogP contribution is 2.14. The van der Waals surface area contributed by atoms with E-state index in [1.54, 1.807) is 42.6 Å². The Labute approximate surface area is 199 Å². The molecule has 1 aromatic carbocycles. The van der Waals surface area contributed by atoms with E-state index in [-0.39, 0.29) is 35.0 Å². The van der Waals surface area contributed by atoms with E-state index in [1.165, 1.54) is 4.88 Å². The Morgan fingerprint density at radius 2 is 2.00 bits per heavy atom. The van der Waals surface area contributed by atoms with Crippen molar-refractivity contribution >= 4 is 51.3 Å². The number of hydrogen-bond donors (Lipinski definition) is 3. The molecule has 1 aliphatic rings. The number of guanidine groups is 1. The first-order valence-corrected chi connectivity index (χ1v) is 11.8. The number of aryl methyl sites for hydroxylation is 1. The van der Waals surface area contributed by atoms with Crippen LogP contribution in [0.3, 0.4) is 0 Å². The summed E-state index contributed by atoms with van der Waals surface area (Å²) in [6.45, 7) is 4.17. The number of hydrogen-bond acceptors (Lipinski definition) is 6. The van der Waals surface area contributed by atoms with Crippen LogP contribution in [-0.2, 0) is 27.8 Å². The maximum Gasteiger partial charge on any atom is 0.240 e. The van der Waals surface area contributed by atoms with Gasteiger partial charge in [-0.3, -0.25) is 4.99 Å². The van der Waals surface area contributed by atoms with Gasteiger partial charge in [-0.25, -0.2) is 18.1 Å². The first-order valence-electron chi connectivity index (χ1n) is 9.52. The third kappa shape index (κ3) is 7.45. The summed E-state index contributed by atoms with van der Waals surface area (Å²) in [6, 6.07) is 6.82. The molecule has 3 rings (SSSR count). The third-order valence-electron chi connectivity index (χ3n) is 4.52. The van der Waals surface area contributed by atoms with Crippen LogP contribution in [0.4, 0.5) is 0 Å². The number of sulfonamides is 1. The Kier molecular flexibility index (Phi) is 9.94. The molecule has 1 aliphatic heterocycles. The summed E-state index contributed by atoms with van der Waals surface area (Å²) in [5, 5.41) is 7.43. The van der Waals surface area contributed by atoms with E-state index in [4.69, 9.17) is 4.74 Å². The van der Waals surface area contributed by atoms with Crippen LogP contribution in [0.25, 0.3) is 0 Å². The molecule has 11 heteroatoms. The molecule has 0 aliphatic carbocycles. The predicted molar refractivity (Wildman–Crippen MR) is 130 cm³/mol. The van der Waals surface area contributed by atoms with Crippen LogP contribution in [0.1, 0.15) is 28.3 Å². The average molecular weight is 566 g/mol. The van der Waals surface area contributed by atoms with E-state index in [1.807, 2.05) is 13.1 Å². The maximum absolute atomic E-state index is 12.4. The summed E-state index contributed by atoms with van der Waals surface area (Å²) in [7, 11) is -1.82. The lowest BCUT2D eigenvalue weighted by Gasteiger charge is -2.13. The molecule has 166 valence electrons. The predicted octanol–water partition coefficient (Wildman–Crippen LogP) is 2.39. The lowest BCUT2D eigenvalue weighted by molar-refractivity contribution is 0.114. The number of nitrogens with zero attached hydrogens (tertiary/aromatic N) is 2. The summed E-state index contributed by atoms with van der Waals surface area (Å²) >= 11 is 1.64. The largest absolute Gasteiger partial charge is 0.377 e. The summed E-state index contributed by atoms with van der Waals surface area (Å²) in [6.07, 6.45) is 3.70. The molecule has 2 heterocycles. The monoisotopic (exact) mass is 565 g/mol. The molecule has 0 saturated carbocycles. The molecule has 1 fully saturated rings. The number of thiazole rings is 1. The van der Waals surface area contributed by atoms with Crippen molar-refractivity contribution in [3.8, 4) is 0 Å². The van der Waals surface area contributed by atoms with Gasteiger partial charge in [0.05, 0.1) is 17.5 Å². The van der Waals surface area contributed by atoms with Gasteiger partial charge in [-0.05, 0) is 37.5 Å². The third-order valence-corrected chi connectivity index (χ3v) is 6.87. The first-order chi connectivity index (χ1) is 14.0. The smallest absolute Gasteiger partial charge is 0.240 e. The van der Waals surface area contributed by atoms with Crippen LogP contribution >= 0.6 is 35.3 Å². The zero-order valence-corrected chi connectivity index (χ0v) is 21.0. The van der Waals surface area contributed by atoms with Crippen LogP contribution in [0, 0.1) is 6.92 Å². The molecule has 0 spiro atoms. The van der Waals surface area contributed by atoms with E-state index in [9.17, 15) is 8.42 Å². The van der Waals surface area contributed by atoms with Gasteiger partial charge in [0.25, 0.3) is 0 Å². The van der Waals surface area contributed by atoms with Gasteiger partial charge in [0.15, 0.2) is 5.96 Å². The minimum atomic E-state index is -3.53. The molecular weight excluding hydrogens is 537 g/mol. The number of aromatic nitrogens is 1. The molecule has 8 nitrogen and oxygen atoms in total. The van der Waals surface area contributed by atoms with Crippen molar-refractivity contribution in [2.24, 2.45) is 4.99 Å². The molecule has 0 radical (unpaired) electrons. The van der Waals surface area contributed by atoms with Gasteiger partial charge < -0.3 is 15.4 Å². The van der Waals surface area contributed by atoms with Crippen LogP contribution in [0.5, 0.6) is 0 Å². The molecule has 1 unspecified atom stereocenters. The summed E-state index contributed by atoms with van der Waals surface area (Å²) in [4.78, 5) is 9.94. The van der Waals surface area contributed by atoms with Gasteiger partial charge >= 0.3 is 0 Å². The van der Waals surface area contributed by atoms with Crippen molar-refractivity contribution in [2.45, 2.75) is 43.9 Å². The fraction of sp³-hybridized carbons (Fsp3) is 0.474. The SMILES string of the molecule is CN=C(NCc1ccc(S(=O)(=O)NCC2CCCO2)cc1)NCc1ncc(C)s1.I. The van der Waals surface area contributed by atoms with Crippen molar-refractivity contribution in [3.63, 3.8) is 0 Å².